The Hall–Kier alpha value is -1.29. The molecule has 10 heteroatoms. The van der Waals surface area contributed by atoms with Gasteiger partial charge in [-0.25, -0.2) is 4.79 Å². The molecule has 1 aliphatic rings. The molecule has 0 bridgehead atoms. The van der Waals surface area contributed by atoms with Crippen LogP contribution in [-0.4, -0.2) is 50.8 Å². The third-order valence-electron chi connectivity index (χ3n) is 6.44. The number of nitrogens with one attached hydrogen (secondary N) is 2. The first-order chi connectivity index (χ1) is 14.8. The van der Waals surface area contributed by atoms with Crippen molar-refractivity contribution in [3.05, 3.63) is 0 Å². The van der Waals surface area contributed by atoms with Crippen molar-refractivity contribution in [2.75, 3.05) is 6.54 Å². The zero-order valence-corrected chi connectivity index (χ0v) is 22.4. The van der Waals surface area contributed by atoms with E-state index in [9.17, 15) is 22.8 Å². The van der Waals surface area contributed by atoms with Gasteiger partial charge in [0.2, 0.25) is 0 Å². The first kappa shape index (κ1) is 29.7. The van der Waals surface area contributed by atoms with Crippen molar-refractivity contribution in [1.82, 2.24) is 10.6 Å². The summed E-state index contributed by atoms with van der Waals surface area (Å²) in [5, 5.41) is 4.63. The number of amides is 2. The van der Waals surface area contributed by atoms with E-state index >= 15 is 0 Å². The van der Waals surface area contributed by atoms with Crippen LogP contribution in [0.1, 0.15) is 80.1 Å². The highest BCUT2D eigenvalue weighted by atomic mass is 28.4. The molecule has 0 aliphatic heterocycles. The highest BCUT2D eigenvalue weighted by Gasteiger charge is 2.43. The monoisotopic (exact) mass is 496 g/mol. The second kappa shape index (κ2) is 11.4. The maximum atomic E-state index is 12.9. The van der Waals surface area contributed by atoms with Crippen molar-refractivity contribution in [3.8, 4) is 0 Å². The van der Waals surface area contributed by atoms with Crippen molar-refractivity contribution in [1.29, 1.82) is 0 Å². The molecule has 0 aromatic carbocycles. The summed E-state index contributed by atoms with van der Waals surface area (Å²) in [6, 6.07) is -0.592. The van der Waals surface area contributed by atoms with Crippen LogP contribution in [0.3, 0.4) is 0 Å². The van der Waals surface area contributed by atoms with Crippen LogP contribution in [0.2, 0.25) is 18.1 Å². The number of halogens is 3. The molecule has 1 aliphatic carbocycles. The van der Waals surface area contributed by atoms with E-state index in [4.69, 9.17) is 9.16 Å². The van der Waals surface area contributed by atoms with Gasteiger partial charge < -0.3 is 19.8 Å². The number of alkyl carbamates (subject to hydrolysis) is 1. The molecule has 2 N–H and O–H groups in total. The zero-order valence-electron chi connectivity index (χ0n) is 21.4. The first-order valence-corrected chi connectivity index (χ1v) is 14.7. The zero-order chi connectivity index (χ0) is 25.7. The molecule has 2 atom stereocenters. The van der Waals surface area contributed by atoms with E-state index in [1.54, 1.807) is 20.8 Å². The fraction of sp³-hybridized carbons (Fsp3) is 0.913. The number of hydrogen-bond acceptors (Lipinski definition) is 4. The lowest BCUT2D eigenvalue weighted by atomic mass is 9.83. The quantitative estimate of drug-likeness (QED) is 0.409. The van der Waals surface area contributed by atoms with Crippen LogP contribution in [0, 0.1) is 5.92 Å². The topological polar surface area (TPSA) is 76.7 Å². The van der Waals surface area contributed by atoms with Gasteiger partial charge in [0.15, 0.2) is 8.32 Å². The summed E-state index contributed by atoms with van der Waals surface area (Å²) in [6.45, 7) is 15.0. The molecule has 33 heavy (non-hydrogen) atoms. The molecule has 6 nitrogen and oxygen atoms in total. The largest absolute Gasteiger partial charge is 0.471 e. The normalized spacial score (nSPS) is 18.4. The Morgan fingerprint density at radius 2 is 1.55 bits per heavy atom. The van der Waals surface area contributed by atoms with Gasteiger partial charge in [-0.2, -0.15) is 13.2 Å². The number of alkyl halides is 3. The van der Waals surface area contributed by atoms with Crippen LogP contribution in [0.5, 0.6) is 0 Å². The fourth-order valence-electron chi connectivity index (χ4n) is 3.66. The van der Waals surface area contributed by atoms with Crippen LogP contribution in [0.15, 0.2) is 0 Å². The van der Waals surface area contributed by atoms with Gasteiger partial charge in [-0.05, 0) is 51.2 Å². The Morgan fingerprint density at radius 3 is 2.00 bits per heavy atom. The number of carbonyl (C=O) groups excluding carboxylic acids is 2. The van der Waals surface area contributed by atoms with E-state index in [1.807, 2.05) is 39.2 Å². The highest BCUT2D eigenvalue weighted by Crippen LogP contribution is 2.38. The molecule has 0 spiro atoms. The Bertz CT molecular complexity index is 652. The Morgan fingerprint density at radius 1 is 1.00 bits per heavy atom. The highest BCUT2D eigenvalue weighted by molar-refractivity contribution is 6.74. The van der Waals surface area contributed by atoms with E-state index in [0.29, 0.717) is 12.3 Å². The Labute approximate surface area is 197 Å². The van der Waals surface area contributed by atoms with Gasteiger partial charge in [-0.3, -0.25) is 4.79 Å². The minimum Gasteiger partial charge on any atom is -0.444 e. The van der Waals surface area contributed by atoms with E-state index in [2.05, 4.69) is 5.32 Å². The van der Waals surface area contributed by atoms with Gasteiger partial charge in [0.05, 0.1) is 12.1 Å². The number of carbonyl (C=O) groups is 2. The fourth-order valence-corrected chi connectivity index (χ4v) is 5.02. The van der Waals surface area contributed by atoms with E-state index in [1.165, 1.54) is 0 Å². The van der Waals surface area contributed by atoms with Gasteiger partial charge >= 0.3 is 18.2 Å². The van der Waals surface area contributed by atoms with Crippen LogP contribution in [0.25, 0.3) is 0 Å². The number of rotatable bonds is 8. The van der Waals surface area contributed by atoms with Crippen LogP contribution < -0.4 is 10.6 Å². The van der Waals surface area contributed by atoms with Crippen LogP contribution >= 0.6 is 0 Å². The molecular formula is C23H43F3N2O4Si. The molecule has 0 heterocycles. The van der Waals surface area contributed by atoms with Gasteiger partial charge in [0.25, 0.3) is 0 Å². The lowest BCUT2D eigenvalue weighted by molar-refractivity contribution is -0.174. The van der Waals surface area contributed by atoms with Gasteiger partial charge in [-0.1, -0.05) is 52.9 Å². The third-order valence-corrected chi connectivity index (χ3v) is 10.9. The lowest BCUT2D eigenvalue weighted by Crippen LogP contribution is -2.57. The maximum absolute atomic E-state index is 12.9. The SMILES string of the molecule is CC(C)(C)OC(=O)N[C@@H](CC1CCCCC1)[C@@H](CNC(=O)C(F)(F)F)O[Si](C)(C)C(C)(C)C. The van der Waals surface area contributed by atoms with Crippen molar-refractivity contribution < 1.29 is 31.9 Å². The summed E-state index contributed by atoms with van der Waals surface area (Å²) < 4.78 is 50.5. The summed E-state index contributed by atoms with van der Waals surface area (Å²) >= 11 is 0. The number of hydrogen-bond donors (Lipinski definition) is 2. The summed E-state index contributed by atoms with van der Waals surface area (Å²) in [7, 11) is -2.44. The van der Waals surface area contributed by atoms with Crippen molar-refractivity contribution in [3.63, 3.8) is 0 Å². The number of ether oxygens (including phenoxy) is 1. The summed E-state index contributed by atoms with van der Waals surface area (Å²) in [4.78, 5) is 24.2. The standard InChI is InChI=1S/C23H43F3N2O4Si/c1-21(2,3)31-20(30)28-17(14-16-12-10-9-11-13-16)18(15-27-19(29)23(24,25)26)32-33(7,8)22(4,5)6/h16-18H,9-15H2,1-8H3,(H,27,29)(H,28,30)/t17-,18+/m0/s1. The van der Waals surface area contributed by atoms with Gasteiger partial charge in [0, 0.05) is 6.54 Å². The maximum Gasteiger partial charge on any atom is 0.471 e. The smallest absolute Gasteiger partial charge is 0.444 e. The summed E-state index contributed by atoms with van der Waals surface area (Å²) in [5.74, 6) is -1.69. The first-order valence-electron chi connectivity index (χ1n) is 11.8. The van der Waals surface area contributed by atoms with Crippen molar-refractivity contribution in [2.45, 2.75) is 122 Å². The Balaban J connectivity index is 3.19. The summed E-state index contributed by atoms with van der Waals surface area (Å²) in [6.07, 6.45) is -0.570. The van der Waals surface area contributed by atoms with Gasteiger partial charge in [-0.15, -0.1) is 0 Å². The van der Waals surface area contributed by atoms with Crippen molar-refractivity contribution in [2.24, 2.45) is 5.92 Å². The predicted molar refractivity (Wildman–Crippen MR) is 125 cm³/mol. The van der Waals surface area contributed by atoms with Crippen LogP contribution in [-0.2, 0) is 14.0 Å². The summed E-state index contributed by atoms with van der Waals surface area (Å²) in [5.41, 5.74) is -0.722. The lowest BCUT2D eigenvalue weighted by Gasteiger charge is -2.42. The molecule has 0 aromatic heterocycles. The van der Waals surface area contributed by atoms with Crippen molar-refractivity contribution >= 4 is 20.3 Å². The van der Waals surface area contributed by atoms with E-state index in [0.717, 1.165) is 32.1 Å². The second-order valence-electron chi connectivity index (χ2n) is 11.6. The minimum absolute atomic E-state index is 0.208. The molecule has 1 fully saturated rings. The van der Waals surface area contributed by atoms with Gasteiger partial charge in [0.1, 0.15) is 5.60 Å². The minimum atomic E-state index is -4.99. The average Bonchev–Trinajstić information content (AvgIpc) is 2.61. The molecule has 1 rings (SSSR count). The molecule has 0 radical (unpaired) electrons. The molecule has 0 aromatic rings. The molecule has 0 saturated heterocycles. The Kier molecular flexibility index (Phi) is 10.3. The predicted octanol–water partition coefficient (Wildman–Crippen LogP) is 5.92. The average molecular weight is 497 g/mol. The molecule has 0 unspecified atom stereocenters. The molecule has 2 amide bonds. The van der Waals surface area contributed by atoms with E-state index in [-0.39, 0.29) is 11.6 Å². The molecule has 194 valence electrons. The van der Waals surface area contributed by atoms with E-state index < -0.39 is 44.2 Å². The molecule has 1 saturated carbocycles. The third kappa shape index (κ3) is 10.7. The molecular weight excluding hydrogens is 453 g/mol. The second-order valence-corrected chi connectivity index (χ2v) is 16.4. The van der Waals surface area contributed by atoms with Crippen LogP contribution in [0.4, 0.5) is 18.0 Å².